The van der Waals surface area contributed by atoms with E-state index in [0.717, 1.165) is 22.3 Å². The van der Waals surface area contributed by atoms with E-state index < -0.39 is 0 Å². The van der Waals surface area contributed by atoms with E-state index in [9.17, 15) is 0 Å². The molecule has 1 aromatic carbocycles. The van der Waals surface area contributed by atoms with E-state index in [-0.39, 0.29) is 0 Å². The van der Waals surface area contributed by atoms with E-state index in [2.05, 4.69) is 9.97 Å². The minimum absolute atomic E-state index is 0.467. The average Bonchev–Trinajstić information content (AvgIpc) is 2.83. The smallest absolute Gasteiger partial charge is 0.212 e. The molecule has 6 nitrogen and oxygen atoms in total. The van der Waals surface area contributed by atoms with Gasteiger partial charge in [0.05, 0.1) is 31.8 Å². The van der Waals surface area contributed by atoms with Crippen molar-refractivity contribution < 1.29 is 9.47 Å². The van der Waals surface area contributed by atoms with E-state index in [4.69, 9.17) is 15.2 Å². The Hall–Kier alpha value is -2.76. The number of nitrogens with zero attached hydrogens (tertiary/aromatic N) is 3. The predicted octanol–water partition coefficient (Wildman–Crippen LogP) is 2.08. The molecule has 2 aromatic heterocycles. The maximum absolute atomic E-state index is 6.01. The SMILES string of the molecule is COc1ccc2c(c1)nc(N)n2Cc1ccc(OC)nc1. The number of imidazole rings is 1. The summed E-state index contributed by atoms with van der Waals surface area (Å²) in [6, 6.07) is 9.50. The van der Waals surface area contributed by atoms with Gasteiger partial charge < -0.3 is 19.8 Å². The summed E-state index contributed by atoms with van der Waals surface area (Å²) in [5.41, 5.74) is 8.82. The number of nitrogen functional groups attached to an aromatic ring is 1. The van der Waals surface area contributed by atoms with Crippen LogP contribution in [-0.2, 0) is 6.54 Å². The van der Waals surface area contributed by atoms with Gasteiger partial charge in [0.15, 0.2) is 0 Å². The molecule has 0 bridgehead atoms. The second-order valence-electron chi connectivity index (χ2n) is 4.62. The number of rotatable bonds is 4. The molecule has 0 aliphatic rings. The lowest BCUT2D eigenvalue weighted by molar-refractivity contribution is 0.397. The van der Waals surface area contributed by atoms with Crippen molar-refractivity contribution in [1.82, 2.24) is 14.5 Å². The molecule has 0 aliphatic heterocycles. The molecular formula is C15H16N4O2. The summed E-state index contributed by atoms with van der Waals surface area (Å²) in [6.45, 7) is 0.603. The summed E-state index contributed by atoms with van der Waals surface area (Å²) in [5.74, 6) is 1.82. The van der Waals surface area contributed by atoms with Gasteiger partial charge in [-0.25, -0.2) is 9.97 Å². The number of anilines is 1. The molecule has 6 heteroatoms. The number of methoxy groups -OCH3 is 2. The molecular weight excluding hydrogens is 268 g/mol. The summed E-state index contributed by atoms with van der Waals surface area (Å²) in [4.78, 5) is 8.57. The number of aromatic nitrogens is 3. The van der Waals surface area contributed by atoms with Gasteiger partial charge in [-0.1, -0.05) is 6.07 Å². The fraction of sp³-hybridized carbons (Fsp3) is 0.200. The van der Waals surface area contributed by atoms with E-state index in [1.165, 1.54) is 0 Å². The van der Waals surface area contributed by atoms with Crippen LogP contribution >= 0.6 is 0 Å². The van der Waals surface area contributed by atoms with Gasteiger partial charge in [0.2, 0.25) is 11.8 Å². The van der Waals surface area contributed by atoms with Crippen molar-refractivity contribution in [3.05, 3.63) is 42.1 Å². The monoisotopic (exact) mass is 284 g/mol. The number of hydrogen-bond acceptors (Lipinski definition) is 5. The number of ether oxygens (including phenoxy) is 2. The van der Waals surface area contributed by atoms with Crippen LogP contribution in [-0.4, -0.2) is 28.8 Å². The Labute approximate surface area is 122 Å². The van der Waals surface area contributed by atoms with Crippen molar-refractivity contribution in [2.75, 3.05) is 20.0 Å². The Balaban J connectivity index is 1.97. The fourth-order valence-corrected chi connectivity index (χ4v) is 2.23. The maximum Gasteiger partial charge on any atom is 0.212 e. The van der Waals surface area contributed by atoms with Gasteiger partial charge in [-0.3, -0.25) is 0 Å². The van der Waals surface area contributed by atoms with E-state index in [1.807, 2.05) is 34.9 Å². The topological polar surface area (TPSA) is 75.2 Å². The first-order valence-corrected chi connectivity index (χ1v) is 6.50. The van der Waals surface area contributed by atoms with Crippen LogP contribution in [0.4, 0.5) is 5.95 Å². The highest BCUT2D eigenvalue weighted by Crippen LogP contribution is 2.23. The Morgan fingerprint density at radius 3 is 2.67 bits per heavy atom. The van der Waals surface area contributed by atoms with Crippen LogP contribution in [0.25, 0.3) is 11.0 Å². The van der Waals surface area contributed by atoms with Crippen LogP contribution in [0.3, 0.4) is 0 Å². The zero-order valence-electron chi connectivity index (χ0n) is 11.9. The number of hydrogen-bond donors (Lipinski definition) is 1. The summed E-state index contributed by atoms with van der Waals surface area (Å²) in [7, 11) is 3.22. The minimum Gasteiger partial charge on any atom is -0.497 e. The van der Waals surface area contributed by atoms with Crippen LogP contribution in [0, 0.1) is 0 Å². The van der Waals surface area contributed by atoms with E-state index in [0.29, 0.717) is 18.4 Å². The lowest BCUT2D eigenvalue weighted by Gasteiger charge is -2.07. The highest BCUT2D eigenvalue weighted by molar-refractivity contribution is 5.80. The van der Waals surface area contributed by atoms with Crippen molar-refractivity contribution >= 4 is 17.0 Å². The molecule has 0 aliphatic carbocycles. The Bertz CT molecular complexity index is 765. The Morgan fingerprint density at radius 1 is 1.14 bits per heavy atom. The third kappa shape index (κ3) is 2.47. The summed E-state index contributed by atoms with van der Waals surface area (Å²) < 4.78 is 12.2. The van der Waals surface area contributed by atoms with Gasteiger partial charge in [0, 0.05) is 18.3 Å². The molecule has 0 radical (unpaired) electrons. The number of nitrogens with two attached hydrogens (primary N) is 1. The van der Waals surface area contributed by atoms with E-state index in [1.54, 1.807) is 20.4 Å². The first-order valence-electron chi connectivity index (χ1n) is 6.50. The molecule has 0 unspecified atom stereocenters. The van der Waals surface area contributed by atoms with Crippen LogP contribution < -0.4 is 15.2 Å². The van der Waals surface area contributed by atoms with Gasteiger partial charge in [0.25, 0.3) is 0 Å². The normalized spacial score (nSPS) is 10.8. The third-order valence-electron chi connectivity index (χ3n) is 3.33. The summed E-state index contributed by atoms with van der Waals surface area (Å²) in [5, 5.41) is 0. The lowest BCUT2D eigenvalue weighted by Crippen LogP contribution is -2.05. The number of benzene rings is 1. The van der Waals surface area contributed by atoms with Crippen LogP contribution in [0.5, 0.6) is 11.6 Å². The lowest BCUT2D eigenvalue weighted by atomic mass is 10.2. The first kappa shape index (κ1) is 13.2. The summed E-state index contributed by atoms with van der Waals surface area (Å²) >= 11 is 0. The van der Waals surface area contributed by atoms with Gasteiger partial charge in [-0.15, -0.1) is 0 Å². The quantitative estimate of drug-likeness (QED) is 0.794. The molecule has 0 saturated carbocycles. The minimum atomic E-state index is 0.467. The van der Waals surface area contributed by atoms with Crippen molar-refractivity contribution in [3.63, 3.8) is 0 Å². The van der Waals surface area contributed by atoms with Gasteiger partial charge in [-0.05, 0) is 17.7 Å². The van der Waals surface area contributed by atoms with Crippen molar-refractivity contribution in [3.8, 4) is 11.6 Å². The predicted molar refractivity (Wildman–Crippen MR) is 80.6 cm³/mol. The third-order valence-corrected chi connectivity index (χ3v) is 3.33. The van der Waals surface area contributed by atoms with Gasteiger partial charge >= 0.3 is 0 Å². The highest BCUT2D eigenvalue weighted by Gasteiger charge is 2.10. The first-order chi connectivity index (χ1) is 10.2. The van der Waals surface area contributed by atoms with Gasteiger partial charge in [-0.2, -0.15) is 0 Å². The molecule has 3 aromatic rings. The largest absolute Gasteiger partial charge is 0.497 e. The molecule has 0 fully saturated rings. The maximum atomic E-state index is 6.01. The molecule has 0 amide bonds. The molecule has 2 N–H and O–H groups in total. The molecule has 2 heterocycles. The number of pyridine rings is 1. The molecule has 3 rings (SSSR count). The number of fused-ring (bicyclic) bond motifs is 1. The highest BCUT2D eigenvalue weighted by atomic mass is 16.5. The molecule has 21 heavy (non-hydrogen) atoms. The average molecular weight is 284 g/mol. The molecule has 0 spiro atoms. The molecule has 0 atom stereocenters. The second-order valence-corrected chi connectivity index (χ2v) is 4.62. The fourth-order valence-electron chi connectivity index (χ4n) is 2.23. The van der Waals surface area contributed by atoms with Gasteiger partial charge in [0.1, 0.15) is 5.75 Å². The zero-order valence-corrected chi connectivity index (χ0v) is 11.9. The Morgan fingerprint density at radius 2 is 2.00 bits per heavy atom. The van der Waals surface area contributed by atoms with Crippen molar-refractivity contribution in [2.24, 2.45) is 0 Å². The van der Waals surface area contributed by atoms with E-state index >= 15 is 0 Å². The Kier molecular flexibility index (Phi) is 3.35. The van der Waals surface area contributed by atoms with Crippen molar-refractivity contribution in [1.29, 1.82) is 0 Å². The summed E-state index contributed by atoms with van der Waals surface area (Å²) in [6.07, 6.45) is 1.77. The molecule has 108 valence electrons. The van der Waals surface area contributed by atoms with Crippen LogP contribution in [0.2, 0.25) is 0 Å². The van der Waals surface area contributed by atoms with Crippen LogP contribution in [0.1, 0.15) is 5.56 Å². The van der Waals surface area contributed by atoms with Crippen LogP contribution in [0.15, 0.2) is 36.5 Å². The standard InChI is InChI=1S/C15H16N4O2/c1-20-11-4-5-13-12(7-11)18-15(16)19(13)9-10-3-6-14(21-2)17-8-10/h3-8H,9H2,1-2H3,(H2,16,18). The zero-order chi connectivity index (χ0) is 14.8. The van der Waals surface area contributed by atoms with Crippen molar-refractivity contribution in [2.45, 2.75) is 6.54 Å². The molecule has 0 saturated heterocycles. The second kappa shape index (κ2) is 5.32.